The second-order valence-corrected chi connectivity index (χ2v) is 6.12. The number of amides is 1. The molecule has 1 amide bonds. The van der Waals surface area contributed by atoms with Gasteiger partial charge in [0.1, 0.15) is 17.8 Å². The van der Waals surface area contributed by atoms with Crippen LogP contribution in [0.5, 0.6) is 0 Å². The number of aliphatic hydroxyl groups is 2. The Bertz CT molecular complexity index is 570. The van der Waals surface area contributed by atoms with Gasteiger partial charge < -0.3 is 25.0 Å². The van der Waals surface area contributed by atoms with Crippen molar-refractivity contribution in [1.82, 2.24) is 10.3 Å². The van der Waals surface area contributed by atoms with E-state index in [0.29, 0.717) is 0 Å². The van der Waals surface area contributed by atoms with Crippen molar-refractivity contribution < 1.29 is 29.3 Å². The van der Waals surface area contributed by atoms with Crippen molar-refractivity contribution in [1.29, 1.82) is 0 Å². The number of nitrogens with one attached hydrogen (secondary N) is 1. The van der Waals surface area contributed by atoms with Crippen LogP contribution in [0.1, 0.15) is 49.7 Å². The smallest absolute Gasteiger partial charge is 0.407 e. The number of rotatable bonds is 6. The summed E-state index contributed by atoms with van der Waals surface area (Å²) in [5.74, 6) is -0.569. The zero-order chi connectivity index (χ0) is 18.3. The summed E-state index contributed by atoms with van der Waals surface area (Å²) in [7, 11) is 0. The fraction of sp³-hybridized carbons (Fsp3) is 0.562. The topological polar surface area (TPSA) is 118 Å². The summed E-state index contributed by atoms with van der Waals surface area (Å²) in [6.07, 6.45) is -0.699. The normalized spacial score (nSPS) is 13.8. The van der Waals surface area contributed by atoms with E-state index < -0.39 is 29.9 Å². The van der Waals surface area contributed by atoms with Crippen LogP contribution in [0.25, 0.3) is 0 Å². The maximum atomic E-state index is 11.7. The Morgan fingerprint density at radius 1 is 1.29 bits per heavy atom. The van der Waals surface area contributed by atoms with Gasteiger partial charge in [-0.2, -0.15) is 0 Å². The first kappa shape index (κ1) is 19.9. The van der Waals surface area contributed by atoms with E-state index in [-0.39, 0.29) is 24.3 Å². The van der Waals surface area contributed by atoms with Gasteiger partial charge in [0.25, 0.3) is 0 Å². The largest absolute Gasteiger partial charge is 0.462 e. The van der Waals surface area contributed by atoms with Gasteiger partial charge in [-0.05, 0) is 33.8 Å². The Kier molecular flexibility index (Phi) is 7.12. The molecule has 1 heterocycles. The second-order valence-electron chi connectivity index (χ2n) is 6.12. The average molecular weight is 340 g/mol. The maximum absolute atomic E-state index is 11.7. The highest BCUT2D eigenvalue weighted by atomic mass is 16.6. The molecule has 2 unspecified atom stereocenters. The van der Waals surface area contributed by atoms with Crippen LogP contribution in [0.4, 0.5) is 4.79 Å². The highest BCUT2D eigenvalue weighted by Crippen LogP contribution is 2.17. The molecule has 0 aliphatic heterocycles. The molecule has 0 aliphatic carbocycles. The molecule has 3 N–H and O–H groups in total. The molecule has 24 heavy (non-hydrogen) atoms. The predicted octanol–water partition coefficient (Wildman–Crippen LogP) is 1.18. The summed E-state index contributed by atoms with van der Waals surface area (Å²) in [6, 6.07) is 1.38. The summed E-state index contributed by atoms with van der Waals surface area (Å²) in [4.78, 5) is 27.0. The molecule has 0 bridgehead atoms. The fourth-order valence-electron chi connectivity index (χ4n) is 1.78. The van der Waals surface area contributed by atoms with E-state index >= 15 is 0 Å². The first-order chi connectivity index (χ1) is 11.1. The van der Waals surface area contributed by atoms with Crippen molar-refractivity contribution in [3.05, 3.63) is 29.6 Å². The zero-order valence-electron chi connectivity index (χ0n) is 14.3. The minimum atomic E-state index is -1.33. The van der Waals surface area contributed by atoms with Crippen LogP contribution in [-0.2, 0) is 9.47 Å². The van der Waals surface area contributed by atoms with E-state index in [9.17, 15) is 19.8 Å². The van der Waals surface area contributed by atoms with Gasteiger partial charge in [-0.15, -0.1) is 0 Å². The molecule has 0 spiro atoms. The molecule has 134 valence electrons. The molecule has 0 radical (unpaired) electrons. The fourth-order valence-corrected chi connectivity index (χ4v) is 1.78. The van der Waals surface area contributed by atoms with Crippen molar-refractivity contribution in [3.63, 3.8) is 0 Å². The number of alkyl carbamates (subject to hydrolysis) is 1. The predicted molar refractivity (Wildman–Crippen MR) is 85.4 cm³/mol. The van der Waals surface area contributed by atoms with Crippen LogP contribution in [-0.4, -0.2) is 52.1 Å². The van der Waals surface area contributed by atoms with Gasteiger partial charge in [-0.3, -0.25) is 4.98 Å². The van der Waals surface area contributed by atoms with E-state index in [4.69, 9.17) is 9.47 Å². The molecule has 1 aromatic heterocycles. The summed E-state index contributed by atoms with van der Waals surface area (Å²) < 4.78 is 9.89. The molecule has 0 saturated heterocycles. The summed E-state index contributed by atoms with van der Waals surface area (Å²) in [5, 5.41) is 22.5. The third-order valence-electron chi connectivity index (χ3n) is 2.83. The Labute approximate surface area is 140 Å². The van der Waals surface area contributed by atoms with Gasteiger partial charge in [-0.25, -0.2) is 9.59 Å². The molecule has 0 aliphatic rings. The highest BCUT2D eigenvalue weighted by molar-refractivity contribution is 5.89. The Hall–Kier alpha value is -2.19. The van der Waals surface area contributed by atoms with Crippen molar-refractivity contribution >= 4 is 12.1 Å². The number of pyridine rings is 1. The van der Waals surface area contributed by atoms with E-state index in [0.717, 1.165) is 0 Å². The number of carbonyl (C=O) groups excluding carboxylic acids is 2. The van der Waals surface area contributed by atoms with E-state index in [1.165, 1.54) is 18.5 Å². The van der Waals surface area contributed by atoms with E-state index in [1.807, 2.05) is 0 Å². The lowest BCUT2D eigenvalue weighted by Gasteiger charge is -2.22. The third-order valence-corrected chi connectivity index (χ3v) is 2.83. The molecular weight excluding hydrogens is 316 g/mol. The Morgan fingerprint density at radius 2 is 1.96 bits per heavy atom. The molecule has 8 nitrogen and oxygen atoms in total. The first-order valence-electron chi connectivity index (χ1n) is 7.59. The Balaban J connectivity index is 2.65. The molecule has 0 saturated carbocycles. The number of carbonyl (C=O) groups is 2. The summed E-state index contributed by atoms with van der Waals surface area (Å²) in [5.41, 5.74) is -0.259. The van der Waals surface area contributed by atoms with E-state index in [2.05, 4.69) is 10.3 Å². The van der Waals surface area contributed by atoms with Gasteiger partial charge in [-0.1, -0.05) is 0 Å². The quantitative estimate of drug-likeness (QED) is 0.665. The lowest BCUT2D eigenvalue weighted by molar-refractivity contribution is 0.0127. The minimum Gasteiger partial charge on any atom is -0.462 e. The van der Waals surface area contributed by atoms with Crippen molar-refractivity contribution in [3.8, 4) is 0 Å². The first-order valence-corrected chi connectivity index (χ1v) is 7.59. The lowest BCUT2D eigenvalue weighted by Crippen LogP contribution is -2.38. The third kappa shape index (κ3) is 6.51. The van der Waals surface area contributed by atoms with Gasteiger partial charge in [0.2, 0.25) is 0 Å². The number of aliphatic hydroxyl groups excluding tert-OH is 2. The van der Waals surface area contributed by atoms with Crippen LogP contribution < -0.4 is 5.32 Å². The van der Waals surface area contributed by atoms with E-state index in [1.54, 1.807) is 27.7 Å². The van der Waals surface area contributed by atoms with Crippen molar-refractivity contribution in [2.45, 2.75) is 45.5 Å². The molecule has 1 aromatic rings. The van der Waals surface area contributed by atoms with Crippen LogP contribution in [0.2, 0.25) is 0 Å². The SMILES string of the molecule is CCOC(=O)c1cncc(C(O)C(O)CNC(=O)OC(C)(C)C)c1. The van der Waals surface area contributed by atoms with Crippen LogP contribution in [0, 0.1) is 0 Å². The van der Waals surface area contributed by atoms with Crippen molar-refractivity contribution in [2.75, 3.05) is 13.2 Å². The van der Waals surface area contributed by atoms with Crippen LogP contribution in [0.3, 0.4) is 0 Å². The number of aromatic nitrogens is 1. The number of ether oxygens (including phenoxy) is 2. The molecule has 0 fully saturated rings. The van der Waals surface area contributed by atoms with Gasteiger partial charge in [0.15, 0.2) is 0 Å². The molecule has 8 heteroatoms. The molecular formula is C16H24N2O6. The van der Waals surface area contributed by atoms with Gasteiger partial charge in [0, 0.05) is 24.5 Å². The van der Waals surface area contributed by atoms with Gasteiger partial charge in [0.05, 0.1) is 12.2 Å². The molecule has 1 rings (SSSR count). The summed E-state index contributed by atoms with van der Waals surface area (Å²) in [6.45, 7) is 6.81. The van der Waals surface area contributed by atoms with Crippen LogP contribution >= 0.6 is 0 Å². The Morgan fingerprint density at radius 3 is 2.54 bits per heavy atom. The number of nitrogens with zero attached hydrogens (tertiary/aromatic N) is 1. The number of hydrogen-bond acceptors (Lipinski definition) is 7. The van der Waals surface area contributed by atoms with Crippen LogP contribution in [0.15, 0.2) is 18.5 Å². The number of hydrogen-bond donors (Lipinski definition) is 3. The minimum absolute atomic E-state index is 0.167. The molecule has 0 aromatic carbocycles. The zero-order valence-corrected chi connectivity index (χ0v) is 14.3. The maximum Gasteiger partial charge on any atom is 0.407 e. The summed E-state index contributed by atoms with van der Waals surface area (Å²) >= 11 is 0. The second kappa shape index (κ2) is 8.60. The standard InChI is InChI=1S/C16H24N2O6/c1-5-23-14(21)11-6-10(7-17-8-11)13(20)12(19)9-18-15(22)24-16(2,3)4/h6-8,12-13,19-20H,5,9H2,1-4H3,(H,18,22). The lowest BCUT2D eigenvalue weighted by atomic mass is 10.0. The molecule has 2 atom stereocenters. The monoisotopic (exact) mass is 340 g/mol. The van der Waals surface area contributed by atoms with Crippen molar-refractivity contribution in [2.24, 2.45) is 0 Å². The number of esters is 1. The highest BCUT2D eigenvalue weighted by Gasteiger charge is 2.22. The average Bonchev–Trinajstić information content (AvgIpc) is 2.50. The van der Waals surface area contributed by atoms with Gasteiger partial charge >= 0.3 is 12.1 Å².